The average molecular weight is 212 g/mol. The summed E-state index contributed by atoms with van der Waals surface area (Å²) in [6.07, 6.45) is 5.42. The Kier molecular flexibility index (Phi) is 3.72. The fraction of sp³-hybridized carbons (Fsp3) is 0.357. The summed E-state index contributed by atoms with van der Waals surface area (Å²) in [5.41, 5.74) is 1.40. The van der Waals surface area contributed by atoms with Gasteiger partial charge in [-0.3, -0.25) is 5.32 Å². The lowest BCUT2D eigenvalue weighted by Gasteiger charge is -2.25. The van der Waals surface area contributed by atoms with E-state index in [4.69, 9.17) is 11.7 Å². The van der Waals surface area contributed by atoms with Crippen molar-refractivity contribution in [1.82, 2.24) is 5.32 Å². The summed E-state index contributed by atoms with van der Waals surface area (Å²) in [7, 11) is 0. The Bertz CT molecular complexity index is 447. The highest BCUT2D eigenvalue weighted by molar-refractivity contribution is 5.34. The van der Waals surface area contributed by atoms with E-state index in [-0.39, 0.29) is 11.6 Å². The predicted octanol–water partition coefficient (Wildman–Crippen LogP) is 2.62. The maximum Gasteiger partial charge on any atom is 0.0991 e. The van der Waals surface area contributed by atoms with Crippen LogP contribution in [-0.2, 0) is 0 Å². The molecule has 16 heavy (non-hydrogen) atoms. The maximum atomic E-state index is 8.82. The first-order valence-electron chi connectivity index (χ1n) is 5.24. The number of benzene rings is 1. The van der Waals surface area contributed by atoms with E-state index in [1.807, 2.05) is 39.0 Å². The second-order valence-electron chi connectivity index (χ2n) is 4.37. The molecule has 0 amide bonds. The van der Waals surface area contributed by atoms with Gasteiger partial charge in [-0.1, -0.05) is 18.1 Å². The maximum absolute atomic E-state index is 8.82. The first kappa shape index (κ1) is 12.3. The lowest BCUT2D eigenvalue weighted by atomic mass is 10.0. The molecule has 0 aliphatic rings. The van der Waals surface area contributed by atoms with Gasteiger partial charge in [0.2, 0.25) is 0 Å². The predicted molar refractivity (Wildman–Crippen MR) is 65.6 cm³/mol. The Morgan fingerprint density at radius 3 is 2.69 bits per heavy atom. The zero-order valence-corrected chi connectivity index (χ0v) is 9.91. The highest BCUT2D eigenvalue weighted by atomic mass is 15.0. The first-order valence-corrected chi connectivity index (χ1v) is 5.24. The van der Waals surface area contributed by atoms with Crippen LogP contribution in [0.4, 0.5) is 0 Å². The number of nitriles is 1. The third kappa shape index (κ3) is 3.12. The van der Waals surface area contributed by atoms with Gasteiger partial charge in [0.05, 0.1) is 17.2 Å². The van der Waals surface area contributed by atoms with Crippen molar-refractivity contribution < 1.29 is 0 Å². The molecule has 2 nitrogen and oxygen atoms in total. The number of nitrogens with one attached hydrogen (secondary N) is 1. The summed E-state index contributed by atoms with van der Waals surface area (Å²) in [6, 6.07) is 9.80. The summed E-state index contributed by atoms with van der Waals surface area (Å²) < 4.78 is 0. The quantitative estimate of drug-likeness (QED) is 0.782. The Morgan fingerprint density at radius 2 is 2.12 bits per heavy atom. The van der Waals surface area contributed by atoms with Gasteiger partial charge in [-0.05, 0) is 38.5 Å². The summed E-state index contributed by atoms with van der Waals surface area (Å²) in [4.78, 5) is 0. The van der Waals surface area contributed by atoms with Crippen LogP contribution in [0.5, 0.6) is 0 Å². The minimum Gasteiger partial charge on any atom is -0.295 e. The molecule has 0 saturated heterocycles. The molecule has 2 heteroatoms. The molecule has 82 valence electrons. The molecule has 1 unspecified atom stereocenters. The Hall–Kier alpha value is -1.77. The Balaban J connectivity index is 2.86. The molecule has 0 heterocycles. The van der Waals surface area contributed by atoms with E-state index < -0.39 is 0 Å². The highest BCUT2D eigenvalue weighted by Gasteiger charge is 2.17. The van der Waals surface area contributed by atoms with E-state index in [0.29, 0.717) is 5.56 Å². The van der Waals surface area contributed by atoms with Crippen molar-refractivity contribution in [1.29, 1.82) is 5.26 Å². The number of terminal acetylenes is 1. The average Bonchev–Trinajstić information content (AvgIpc) is 2.28. The van der Waals surface area contributed by atoms with Crippen LogP contribution < -0.4 is 5.32 Å². The SMILES string of the molecule is C#CC(C)(C)NC(C)c1cccc(C#N)c1. The number of nitrogens with zero attached hydrogens (tertiary/aromatic N) is 1. The lowest BCUT2D eigenvalue weighted by Crippen LogP contribution is -2.39. The van der Waals surface area contributed by atoms with E-state index in [9.17, 15) is 0 Å². The van der Waals surface area contributed by atoms with Crippen LogP contribution in [0.1, 0.15) is 37.9 Å². The van der Waals surface area contributed by atoms with Gasteiger partial charge in [0.15, 0.2) is 0 Å². The summed E-state index contributed by atoms with van der Waals surface area (Å²) in [5, 5.41) is 12.1. The van der Waals surface area contributed by atoms with Crippen molar-refractivity contribution >= 4 is 0 Å². The largest absolute Gasteiger partial charge is 0.295 e. The minimum absolute atomic E-state index is 0.124. The van der Waals surface area contributed by atoms with E-state index >= 15 is 0 Å². The fourth-order valence-corrected chi connectivity index (χ4v) is 1.54. The van der Waals surface area contributed by atoms with E-state index in [0.717, 1.165) is 5.56 Å². The third-order valence-corrected chi connectivity index (χ3v) is 2.45. The fourth-order valence-electron chi connectivity index (χ4n) is 1.54. The molecule has 1 aromatic carbocycles. The first-order chi connectivity index (χ1) is 7.48. The van der Waals surface area contributed by atoms with E-state index in [1.54, 1.807) is 6.07 Å². The van der Waals surface area contributed by atoms with Crippen molar-refractivity contribution in [3.8, 4) is 18.4 Å². The van der Waals surface area contributed by atoms with Gasteiger partial charge in [-0.15, -0.1) is 6.42 Å². The minimum atomic E-state index is -0.345. The van der Waals surface area contributed by atoms with Gasteiger partial charge < -0.3 is 0 Å². The van der Waals surface area contributed by atoms with E-state index in [1.165, 1.54) is 0 Å². The van der Waals surface area contributed by atoms with Crippen molar-refractivity contribution in [2.45, 2.75) is 32.4 Å². The lowest BCUT2D eigenvalue weighted by molar-refractivity contribution is 0.431. The molecule has 0 saturated carbocycles. The normalized spacial score (nSPS) is 12.6. The van der Waals surface area contributed by atoms with Gasteiger partial charge in [0.1, 0.15) is 0 Å². The number of rotatable bonds is 3. The second-order valence-corrected chi connectivity index (χ2v) is 4.37. The van der Waals surface area contributed by atoms with Crippen molar-refractivity contribution in [2.75, 3.05) is 0 Å². The van der Waals surface area contributed by atoms with Crippen molar-refractivity contribution in [3.63, 3.8) is 0 Å². The van der Waals surface area contributed by atoms with Crippen molar-refractivity contribution in [2.24, 2.45) is 0 Å². The Labute approximate surface area is 97.3 Å². The molecule has 1 N–H and O–H groups in total. The van der Waals surface area contributed by atoms with Gasteiger partial charge >= 0.3 is 0 Å². The summed E-state index contributed by atoms with van der Waals surface area (Å²) in [5.74, 6) is 2.69. The molecule has 0 radical (unpaired) electrons. The Morgan fingerprint density at radius 1 is 1.44 bits per heavy atom. The van der Waals surface area contributed by atoms with E-state index in [2.05, 4.69) is 17.3 Å². The molecule has 1 rings (SSSR count). The second kappa shape index (κ2) is 4.84. The zero-order valence-electron chi connectivity index (χ0n) is 9.91. The molecule has 0 aliphatic carbocycles. The molecule has 1 aromatic rings. The molecule has 0 fully saturated rings. The third-order valence-electron chi connectivity index (χ3n) is 2.45. The molecular formula is C14H16N2. The van der Waals surface area contributed by atoms with Crippen LogP contribution in [0, 0.1) is 23.7 Å². The molecule has 0 spiro atoms. The zero-order chi connectivity index (χ0) is 12.2. The van der Waals surface area contributed by atoms with Gasteiger partial charge in [0.25, 0.3) is 0 Å². The standard InChI is InChI=1S/C14H16N2/c1-5-14(3,4)16-11(2)13-8-6-7-12(9-13)10-15/h1,6-9,11,16H,2-4H3. The molecule has 0 bridgehead atoms. The topological polar surface area (TPSA) is 35.8 Å². The van der Waals surface area contributed by atoms with Crippen molar-refractivity contribution in [3.05, 3.63) is 35.4 Å². The smallest absolute Gasteiger partial charge is 0.0991 e. The van der Waals surface area contributed by atoms with Crippen LogP contribution in [0.3, 0.4) is 0 Å². The molecule has 0 aromatic heterocycles. The molecule has 1 atom stereocenters. The number of hydrogen-bond acceptors (Lipinski definition) is 2. The van der Waals surface area contributed by atoms with Gasteiger partial charge in [-0.25, -0.2) is 0 Å². The van der Waals surface area contributed by atoms with Gasteiger partial charge in [0, 0.05) is 6.04 Å². The summed E-state index contributed by atoms with van der Waals surface area (Å²) in [6.45, 7) is 5.95. The monoisotopic (exact) mass is 212 g/mol. The van der Waals surface area contributed by atoms with Crippen LogP contribution in [0.25, 0.3) is 0 Å². The number of hydrogen-bond donors (Lipinski definition) is 1. The van der Waals surface area contributed by atoms with Crippen LogP contribution in [0.15, 0.2) is 24.3 Å². The highest BCUT2D eigenvalue weighted by Crippen LogP contribution is 2.17. The van der Waals surface area contributed by atoms with Crippen LogP contribution in [0.2, 0.25) is 0 Å². The molecular weight excluding hydrogens is 196 g/mol. The van der Waals surface area contributed by atoms with Crippen LogP contribution >= 0.6 is 0 Å². The van der Waals surface area contributed by atoms with Crippen LogP contribution in [-0.4, -0.2) is 5.54 Å². The molecule has 0 aliphatic heterocycles. The van der Waals surface area contributed by atoms with Gasteiger partial charge in [-0.2, -0.15) is 5.26 Å². The summed E-state index contributed by atoms with van der Waals surface area (Å²) >= 11 is 0.